The summed E-state index contributed by atoms with van der Waals surface area (Å²) in [5, 5.41) is 4.91. The summed E-state index contributed by atoms with van der Waals surface area (Å²) in [5.74, 6) is 0.801. The third-order valence-electron chi connectivity index (χ3n) is 4.86. The van der Waals surface area contributed by atoms with Crippen LogP contribution in [0.4, 0.5) is 0 Å². The molecule has 0 atom stereocenters. The van der Waals surface area contributed by atoms with Gasteiger partial charge in [-0.3, -0.25) is 0 Å². The molecule has 0 amide bonds. The van der Waals surface area contributed by atoms with Gasteiger partial charge < -0.3 is 4.74 Å². The van der Waals surface area contributed by atoms with Crippen molar-refractivity contribution in [1.82, 2.24) is 9.78 Å². The molecule has 0 saturated heterocycles. The van der Waals surface area contributed by atoms with Crippen LogP contribution in [0, 0.1) is 3.70 Å². The Labute approximate surface area is 179 Å². The lowest BCUT2D eigenvalue weighted by Crippen LogP contribution is -2.38. The fraction of sp³-hybridized carbons (Fsp3) is 0.125. The Hall–Kier alpha value is -2.60. The third kappa shape index (κ3) is 3.22. The molecule has 0 aliphatic rings. The van der Waals surface area contributed by atoms with Gasteiger partial charge in [0.25, 0.3) is 0 Å². The number of ether oxygens (including phenoxy) is 1. The number of hydrogen-bond donors (Lipinski definition) is 0. The maximum Gasteiger partial charge on any atom is 0.170 e. The van der Waals surface area contributed by atoms with E-state index in [0.717, 1.165) is 26.1 Å². The van der Waals surface area contributed by atoms with Crippen LogP contribution in [-0.2, 0) is 5.54 Å². The van der Waals surface area contributed by atoms with E-state index < -0.39 is 5.54 Å². The minimum Gasteiger partial charge on any atom is -0.489 e. The number of halogens is 1. The van der Waals surface area contributed by atoms with Gasteiger partial charge in [0.15, 0.2) is 9.45 Å². The second-order valence-corrected chi connectivity index (χ2v) is 7.49. The van der Waals surface area contributed by atoms with Gasteiger partial charge in [0.2, 0.25) is 0 Å². The summed E-state index contributed by atoms with van der Waals surface area (Å²) >= 11 is 2.25. The van der Waals surface area contributed by atoms with Gasteiger partial charge in [-0.15, -0.1) is 0 Å². The Kier molecular flexibility index (Phi) is 5.48. The normalized spacial score (nSPS) is 11.4. The van der Waals surface area contributed by atoms with Crippen LogP contribution < -0.4 is 4.74 Å². The molecule has 0 bridgehead atoms. The third-order valence-corrected chi connectivity index (χ3v) is 5.60. The molecule has 3 nitrogen and oxygen atoms in total. The van der Waals surface area contributed by atoms with E-state index in [1.165, 1.54) is 0 Å². The first-order chi connectivity index (χ1) is 13.8. The van der Waals surface area contributed by atoms with Gasteiger partial charge in [-0.2, -0.15) is 5.10 Å². The Balaban J connectivity index is 2.09. The lowest BCUT2D eigenvalue weighted by molar-refractivity contribution is 0.336. The predicted molar refractivity (Wildman–Crippen MR) is 121 cm³/mol. The first-order valence-electron chi connectivity index (χ1n) is 9.32. The molecule has 140 valence electrons. The molecule has 4 heteroatoms. The fourth-order valence-electron chi connectivity index (χ4n) is 3.70. The first-order valence-corrected chi connectivity index (χ1v) is 10.4. The molecule has 0 unspecified atom stereocenters. The van der Waals surface area contributed by atoms with Crippen molar-refractivity contribution in [2.45, 2.75) is 12.5 Å². The Bertz CT molecular complexity index is 934. The van der Waals surface area contributed by atoms with Crippen LogP contribution in [0.25, 0.3) is 0 Å². The summed E-state index contributed by atoms with van der Waals surface area (Å²) in [4.78, 5) is 0. The molecule has 1 heterocycles. The van der Waals surface area contributed by atoms with Gasteiger partial charge in [0.1, 0.15) is 5.54 Å². The number of aromatic nitrogens is 2. The van der Waals surface area contributed by atoms with E-state index in [2.05, 4.69) is 95.4 Å². The van der Waals surface area contributed by atoms with Gasteiger partial charge in [-0.05, 0) is 46.2 Å². The van der Waals surface area contributed by atoms with Crippen LogP contribution in [-0.4, -0.2) is 16.4 Å². The topological polar surface area (TPSA) is 27.1 Å². The average molecular weight is 480 g/mol. The Morgan fingerprint density at radius 3 is 1.61 bits per heavy atom. The molecule has 0 N–H and O–H groups in total. The monoisotopic (exact) mass is 480 g/mol. The molecule has 4 aromatic rings. The van der Waals surface area contributed by atoms with E-state index in [9.17, 15) is 0 Å². The van der Waals surface area contributed by atoms with Crippen LogP contribution in [0.3, 0.4) is 0 Å². The number of nitrogens with zero attached hydrogens (tertiary/aromatic N) is 2. The summed E-state index contributed by atoms with van der Waals surface area (Å²) in [6, 6.07) is 31.6. The summed E-state index contributed by atoms with van der Waals surface area (Å²) in [5.41, 5.74) is 2.84. The number of rotatable bonds is 6. The highest BCUT2D eigenvalue weighted by Crippen LogP contribution is 2.41. The lowest BCUT2D eigenvalue weighted by atomic mass is 9.77. The minimum absolute atomic E-state index is 0.598. The zero-order valence-corrected chi connectivity index (χ0v) is 17.8. The van der Waals surface area contributed by atoms with Crippen molar-refractivity contribution in [3.8, 4) is 5.75 Å². The van der Waals surface area contributed by atoms with Gasteiger partial charge in [0.05, 0.1) is 12.8 Å². The largest absolute Gasteiger partial charge is 0.489 e. The second kappa shape index (κ2) is 8.19. The highest BCUT2D eigenvalue weighted by atomic mass is 127. The van der Waals surface area contributed by atoms with Crippen molar-refractivity contribution >= 4 is 22.6 Å². The smallest absolute Gasteiger partial charge is 0.170 e. The van der Waals surface area contributed by atoms with Crippen LogP contribution in [0.5, 0.6) is 5.75 Å². The van der Waals surface area contributed by atoms with Crippen molar-refractivity contribution in [2.24, 2.45) is 0 Å². The molecule has 3 aromatic carbocycles. The Morgan fingerprint density at radius 2 is 1.21 bits per heavy atom. The molecule has 1 aromatic heterocycles. The van der Waals surface area contributed by atoms with Crippen molar-refractivity contribution < 1.29 is 4.74 Å². The summed E-state index contributed by atoms with van der Waals surface area (Å²) < 4.78 is 8.72. The van der Waals surface area contributed by atoms with Crippen LogP contribution in [0.15, 0.2) is 97.2 Å². The second-order valence-electron chi connectivity index (χ2n) is 6.47. The molecule has 0 spiro atoms. The molecule has 28 heavy (non-hydrogen) atoms. The average Bonchev–Trinajstić information content (AvgIpc) is 3.12. The molecular formula is C24H21IN2O. The first kappa shape index (κ1) is 18.7. The van der Waals surface area contributed by atoms with E-state index in [1.807, 2.05) is 36.0 Å². The Morgan fingerprint density at radius 1 is 0.786 bits per heavy atom. The highest BCUT2D eigenvalue weighted by molar-refractivity contribution is 14.1. The maximum absolute atomic E-state index is 5.83. The van der Waals surface area contributed by atoms with Gasteiger partial charge in [-0.1, -0.05) is 91.0 Å². The van der Waals surface area contributed by atoms with Crippen molar-refractivity contribution in [2.75, 3.05) is 6.61 Å². The molecule has 0 saturated carbocycles. The van der Waals surface area contributed by atoms with E-state index in [0.29, 0.717) is 6.61 Å². The van der Waals surface area contributed by atoms with E-state index in [-0.39, 0.29) is 0 Å². The molecule has 4 rings (SSSR count). The molecular weight excluding hydrogens is 459 g/mol. The quantitative estimate of drug-likeness (QED) is 0.261. The van der Waals surface area contributed by atoms with Crippen LogP contribution in [0.1, 0.15) is 23.6 Å². The van der Waals surface area contributed by atoms with Crippen LogP contribution in [0.2, 0.25) is 0 Å². The molecule has 0 fully saturated rings. The SMILES string of the molecule is CCOc1cn(C(c2ccccc2)(c2ccccc2)c2ccccc2)nc1I. The number of hydrogen-bond acceptors (Lipinski definition) is 2. The molecule has 0 aliphatic carbocycles. The van der Waals surface area contributed by atoms with Crippen LogP contribution >= 0.6 is 22.6 Å². The van der Waals surface area contributed by atoms with Crippen molar-refractivity contribution in [3.63, 3.8) is 0 Å². The van der Waals surface area contributed by atoms with E-state index in [1.54, 1.807) is 0 Å². The summed E-state index contributed by atoms with van der Waals surface area (Å²) in [7, 11) is 0. The highest BCUT2D eigenvalue weighted by Gasteiger charge is 2.39. The molecule has 0 aliphatic heterocycles. The van der Waals surface area contributed by atoms with Crippen molar-refractivity contribution in [1.29, 1.82) is 0 Å². The summed E-state index contributed by atoms with van der Waals surface area (Å²) in [6.45, 7) is 2.60. The zero-order valence-electron chi connectivity index (χ0n) is 15.6. The standard InChI is InChI=1S/C24H21IN2O/c1-2-28-22-18-27(26-23(22)25)24(19-12-6-3-7-13-19,20-14-8-4-9-15-20)21-16-10-5-11-17-21/h3-18H,2H2,1H3. The predicted octanol–water partition coefficient (Wildman–Crippen LogP) is 5.73. The maximum atomic E-state index is 5.83. The summed E-state index contributed by atoms with van der Waals surface area (Å²) in [6.07, 6.45) is 2.01. The van der Waals surface area contributed by atoms with Crippen molar-refractivity contribution in [3.05, 3.63) is 118 Å². The van der Waals surface area contributed by atoms with Gasteiger partial charge in [0, 0.05) is 0 Å². The number of benzene rings is 3. The lowest BCUT2D eigenvalue weighted by Gasteiger charge is -2.36. The van der Waals surface area contributed by atoms with Gasteiger partial charge in [-0.25, -0.2) is 4.68 Å². The minimum atomic E-state index is -0.598. The zero-order chi connectivity index (χ0) is 19.4. The fourth-order valence-corrected chi connectivity index (χ4v) is 4.22. The van der Waals surface area contributed by atoms with Gasteiger partial charge >= 0.3 is 0 Å². The molecule has 0 radical (unpaired) electrons. The van der Waals surface area contributed by atoms with E-state index >= 15 is 0 Å². The van der Waals surface area contributed by atoms with E-state index in [4.69, 9.17) is 9.84 Å².